The third-order valence-electron chi connectivity index (χ3n) is 4.83. The Balaban J connectivity index is 1.78. The SMILES string of the molecule is COCCN1C(=O)c2ccc(C(=O)N[C@H](Cc3ccccc3)C(=O)OC)cc2C1=O. The quantitative estimate of drug-likeness (QED) is 0.522. The van der Waals surface area contributed by atoms with Crippen molar-refractivity contribution in [3.8, 4) is 0 Å². The average Bonchev–Trinajstić information content (AvgIpc) is 3.01. The van der Waals surface area contributed by atoms with Crippen LogP contribution in [0.1, 0.15) is 36.6 Å². The van der Waals surface area contributed by atoms with E-state index in [2.05, 4.69) is 5.32 Å². The van der Waals surface area contributed by atoms with Gasteiger partial charge in [-0.2, -0.15) is 0 Å². The maximum absolute atomic E-state index is 12.8. The van der Waals surface area contributed by atoms with Crippen molar-refractivity contribution in [2.24, 2.45) is 0 Å². The van der Waals surface area contributed by atoms with Crippen LogP contribution in [0.25, 0.3) is 0 Å². The van der Waals surface area contributed by atoms with Crippen LogP contribution >= 0.6 is 0 Å². The molecule has 3 amide bonds. The molecule has 30 heavy (non-hydrogen) atoms. The van der Waals surface area contributed by atoms with E-state index in [0.29, 0.717) is 0 Å². The van der Waals surface area contributed by atoms with E-state index < -0.39 is 29.7 Å². The Bertz CT molecular complexity index is 973. The van der Waals surface area contributed by atoms with Crippen LogP contribution in [-0.4, -0.2) is 62.0 Å². The van der Waals surface area contributed by atoms with Gasteiger partial charge in [-0.05, 0) is 23.8 Å². The zero-order chi connectivity index (χ0) is 21.7. The summed E-state index contributed by atoms with van der Waals surface area (Å²) in [5.41, 5.74) is 1.42. The van der Waals surface area contributed by atoms with E-state index in [-0.39, 0.29) is 36.3 Å². The van der Waals surface area contributed by atoms with Gasteiger partial charge in [0.1, 0.15) is 6.04 Å². The van der Waals surface area contributed by atoms with Gasteiger partial charge in [0.2, 0.25) is 0 Å². The summed E-state index contributed by atoms with van der Waals surface area (Å²) in [7, 11) is 2.73. The Morgan fingerprint density at radius 3 is 2.37 bits per heavy atom. The highest BCUT2D eigenvalue weighted by molar-refractivity contribution is 6.22. The number of hydrogen-bond donors (Lipinski definition) is 1. The molecule has 1 aliphatic heterocycles. The number of amides is 3. The predicted molar refractivity (Wildman–Crippen MR) is 107 cm³/mol. The number of fused-ring (bicyclic) bond motifs is 1. The first kappa shape index (κ1) is 21.2. The van der Waals surface area contributed by atoms with Gasteiger partial charge < -0.3 is 14.8 Å². The maximum Gasteiger partial charge on any atom is 0.328 e. The van der Waals surface area contributed by atoms with Crippen LogP contribution < -0.4 is 5.32 Å². The molecule has 156 valence electrons. The van der Waals surface area contributed by atoms with E-state index in [1.165, 1.54) is 32.4 Å². The van der Waals surface area contributed by atoms with Gasteiger partial charge in [-0.1, -0.05) is 30.3 Å². The molecule has 3 rings (SSSR count). The lowest BCUT2D eigenvalue weighted by atomic mass is 10.0. The molecule has 0 bridgehead atoms. The third-order valence-corrected chi connectivity index (χ3v) is 4.83. The van der Waals surface area contributed by atoms with Crippen molar-refractivity contribution in [3.05, 3.63) is 70.8 Å². The molecule has 1 heterocycles. The van der Waals surface area contributed by atoms with E-state index in [4.69, 9.17) is 9.47 Å². The van der Waals surface area contributed by atoms with Crippen LogP contribution in [0.3, 0.4) is 0 Å². The van der Waals surface area contributed by atoms with E-state index >= 15 is 0 Å². The van der Waals surface area contributed by atoms with Crippen LogP contribution in [0.2, 0.25) is 0 Å². The first-order valence-electron chi connectivity index (χ1n) is 9.38. The molecule has 0 radical (unpaired) electrons. The van der Waals surface area contributed by atoms with Gasteiger partial charge in [0.25, 0.3) is 17.7 Å². The molecule has 0 aliphatic carbocycles. The number of methoxy groups -OCH3 is 2. The second-order valence-electron chi connectivity index (χ2n) is 6.75. The Kier molecular flexibility index (Phi) is 6.58. The van der Waals surface area contributed by atoms with E-state index in [1.54, 1.807) is 0 Å². The van der Waals surface area contributed by atoms with Crippen molar-refractivity contribution in [2.45, 2.75) is 12.5 Å². The normalized spacial score (nSPS) is 13.7. The van der Waals surface area contributed by atoms with E-state index in [9.17, 15) is 19.2 Å². The lowest BCUT2D eigenvalue weighted by molar-refractivity contribution is -0.142. The molecule has 1 atom stereocenters. The minimum Gasteiger partial charge on any atom is -0.467 e. The number of carbonyl (C=O) groups is 4. The fraction of sp³-hybridized carbons (Fsp3) is 0.273. The van der Waals surface area contributed by atoms with Crippen LogP contribution in [0, 0.1) is 0 Å². The molecule has 0 spiro atoms. The average molecular weight is 410 g/mol. The molecule has 8 nitrogen and oxygen atoms in total. The smallest absolute Gasteiger partial charge is 0.328 e. The molecule has 2 aromatic rings. The number of imide groups is 1. The fourth-order valence-corrected chi connectivity index (χ4v) is 3.24. The summed E-state index contributed by atoms with van der Waals surface area (Å²) in [6.07, 6.45) is 0.256. The molecule has 8 heteroatoms. The monoisotopic (exact) mass is 410 g/mol. The summed E-state index contributed by atoms with van der Waals surface area (Å²) in [5, 5.41) is 2.65. The lowest BCUT2D eigenvalue weighted by Gasteiger charge is -2.17. The number of benzene rings is 2. The summed E-state index contributed by atoms with van der Waals surface area (Å²) >= 11 is 0. The predicted octanol–water partition coefficient (Wildman–Crippen LogP) is 1.44. The fourth-order valence-electron chi connectivity index (χ4n) is 3.24. The highest BCUT2D eigenvalue weighted by Gasteiger charge is 2.36. The van der Waals surface area contributed by atoms with Crippen LogP contribution in [0.4, 0.5) is 0 Å². The number of hydrogen-bond acceptors (Lipinski definition) is 6. The Morgan fingerprint density at radius 2 is 1.70 bits per heavy atom. The van der Waals surface area contributed by atoms with Crippen LogP contribution in [0.15, 0.2) is 48.5 Å². The molecule has 0 fully saturated rings. The van der Waals surface area contributed by atoms with Gasteiger partial charge in [0, 0.05) is 19.1 Å². The highest BCUT2D eigenvalue weighted by atomic mass is 16.5. The summed E-state index contributed by atoms with van der Waals surface area (Å²) in [6.45, 7) is 0.352. The third kappa shape index (κ3) is 4.38. The molecular weight excluding hydrogens is 388 g/mol. The Hall–Kier alpha value is -3.52. The van der Waals surface area contributed by atoms with Crippen LogP contribution in [0.5, 0.6) is 0 Å². The van der Waals surface area contributed by atoms with Crippen LogP contribution in [-0.2, 0) is 20.7 Å². The molecule has 2 aromatic carbocycles. The Labute approximate surface area is 173 Å². The van der Waals surface area contributed by atoms with Gasteiger partial charge >= 0.3 is 5.97 Å². The maximum atomic E-state index is 12.8. The van der Waals surface area contributed by atoms with Crippen molar-refractivity contribution in [3.63, 3.8) is 0 Å². The molecule has 1 aliphatic rings. The standard InChI is InChI=1S/C22H22N2O6/c1-29-11-10-24-20(26)16-9-8-15(13-17(16)21(24)27)19(25)23-18(22(28)30-2)12-14-6-4-3-5-7-14/h3-9,13,18H,10-12H2,1-2H3,(H,23,25)/t18-/m1/s1. The topological polar surface area (TPSA) is 102 Å². The number of nitrogens with one attached hydrogen (secondary N) is 1. The zero-order valence-electron chi connectivity index (χ0n) is 16.7. The minimum atomic E-state index is -0.895. The van der Waals surface area contributed by atoms with E-state index in [0.717, 1.165) is 10.5 Å². The van der Waals surface area contributed by atoms with Gasteiger partial charge in [-0.25, -0.2) is 4.79 Å². The molecule has 1 N–H and O–H groups in total. The minimum absolute atomic E-state index is 0.131. The molecule has 0 aromatic heterocycles. The van der Waals surface area contributed by atoms with Gasteiger partial charge in [0.15, 0.2) is 0 Å². The number of nitrogens with zero attached hydrogens (tertiary/aromatic N) is 1. The van der Waals surface area contributed by atoms with Gasteiger partial charge in [-0.3, -0.25) is 19.3 Å². The summed E-state index contributed by atoms with van der Waals surface area (Å²) in [5.74, 6) is -2.02. The lowest BCUT2D eigenvalue weighted by Crippen LogP contribution is -2.43. The van der Waals surface area contributed by atoms with Crippen molar-refractivity contribution < 1.29 is 28.7 Å². The summed E-state index contributed by atoms with van der Waals surface area (Å²) in [4.78, 5) is 50.9. The van der Waals surface area contributed by atoms with Gasteiger partial charge in [0.05, 0.1) is 31.4 Å². The summed E-state index contributed by atoms with van der Waals surface area (Å²) < 4.78 is 9.74. The number of ether oxygens (including phenoxy) is 2. The van der Waals surface area contributed by atoms with Crippen molar-refractivity contribution in [2.75, 3.05) is 27.4 Å². The van der Waals surface area contributed by atoms with Crippen molar-refractivity contribution in [1.82, 2.24) is 10.2 Å². The summed E-state index contributed by atoms with van der Waals surface area (Å²) in [6, 6.07) is 12.6. The first-order chi connectivity index (χ1) is 14.5. The largest absolute Gasteiger partial charge is 0.467 e. The zero-order valence-corrected chi connectivity index (χ0v) is 16.7. The highest BCUT2D eigenvalue weighted by Crippen LogP contribution is 2.24. The molecular formula is C22H22N2O6. The van der Waals surface area contributed by atoms with Gasteiger partial charge in [-0.15, -0.1) is 0 Å². The van der Waals surface area contributed by atoms with Crippen molar-refractivity contribution >= 4 is 23.7 Å². The number of carbonyl (C=O) groups excluding carboxylic acids is 4. The Morgan fingerprint density at radius 1 is 1.00 bits per heavy atom. The number of rotatable bonds is 8. The first-order valence-corrected chi connectivity index (χ1v) is 9.38. The molecule has 0 saturated carbocycles. The molecule has 0 saturated heterocycles. The van der Waals surface area contributed by atoms with E-state index in [1.807, 2.05) is 30.3 Å². The second-order valence-corrected chi connectivity index (χ2v) is 6.75. The molecule has 0 unspecified atom stereocenters. The van der Waals surface area contributed by atoms with Crippen molar-refractivity contribution in [1.29, 1.82) is 0 Å². The second kappa shape index (κ2) is 9.32. The number of esters is 1.